The van der Waals surface area contributed by atoms with Gasteiger partial charge in [0.25, 0.3) is 0 Å². The Morgan fingerprint density at radius 2 is 2.05 bits per heavy atom. The van der Waals surface area contributed by atoms with Crippen LogP contribution in [0.4, 0.5) is 0 Å². The number of methoxy groups -OCH3 is 1. The van der Waals surface area contributed by atoms with Crippen molar-refractivity contribution in [1.29, 1.82) is 0 Å². The third-order valence-electron chi connectivity index (χ3n) is 3.38. The molecule has 0 aliphatic carbocycles. The fourth-order valence-corrected chi connectivity index (χ4v) is 2.05. The monoisotopic (exact) mass is 273 g/mol. The minimum absolute atomic E-state index is 0.259. The summed E-state index contributed by atoms with van der Waals surface area (Å²) >= 11 is 0. The van der Waals surface area contributed by atoms with E-state index >= 15 is 0 Å². The minimum Gasteiger partial charge on any atom is -0.497 e. The van der Waals surface area contributed by atoms with E-state index in [-0.39, 0.29) is 6.04 Å². The van der Waals surface area contributed by atoms with Gasteiger partial charge in [0.2, 0.25) is 0 Å². The second kappa shape index (κ2) is 6.57. The fraction of sp³-hybridized carbons (Fsp3) is 0.438. The summed E-state index contributed by atoms with van der Waals surface area (Å²) in [4.78, 5) is 0. The molecule has 1 aromatic heterocycles. The number of ether oxygens (including phenoxy) is 1. The highest BCUT2D eigenvalue weighted by molar-refractivity contribution is 5.30. The number of aromatic nitrogens is 2. The number of benzene rings is 1. The van der Waals surface area contributed by atoms with Crippen molar-refractivity contribution < 1.29 is 4.74 Å². The average molecular weight is 273 g/mol. The summed E-state index contributed by atoms with van der Waals surface area (Å²) in [7, 11) is 1.69. The van der Waals surface area contributed by atoms with E-state index in [1.165, 1.54) is 5.56 Å². The lowest BCUT2D eigenvalue weighted by molar-refractivity contribution is 0.413. The van der Waals surface area contributed by atoms with Gasteiger partial charge in [-0.2, -0.15) is 5.10 Å². The van der Waals surface area contributed by atoms with Crippen LogP contribution in [0.5, 0.6) is 5.75 Å². The summed E-state index contributed by atoms with van der Waals surface area (Å²) in [5.74, 6) is 0.889. The van der Waals surface area contributed by atoms with Gasteiger partial charge in [0.15, 0.2) is 0 Å². The van der Waals surface area contributed by atoms with Crippen molar-refractivity contribution in [3.63, 3.8) is 0 Å². The predicted molar refractivity (Wildman–Crippen MR) is 80.9 cm³/mol. The van der Waals surface area contributed by atoms with E-state index in [4.69, 9.17) is 4.74 Å². The van der Waals surface area contributed by atoms with Crippen molar-refractivity contribution in [3.05, 3.63) is 47.8 Å². The van der Waals surface area contributed by atoms with E-state index in [2.05, 4.69) is 49.4 Å². The highest BCUT2D eigenvalue weighted by Crippen LogP contribution is 2.19. The van der Waals surface area contributed by atoms with Crippen LogP contribution in [0, 0.1) is 0 Å². The molecular weight excluding hydrogens is 250 g/mol. The van der Waals surface area contributed by atoms with E-state index in [0.717, 1.165) is 18.0 Å². The zero-order valence-corrected chi connectivity index (χ0v) is 12.6. The second-order valence-electron chi connectivity index (χ2n) is 5.26. The van der Waals surface area contributed by atoms with Crippen LogP contribution in [0.2, 0.25) is 0 Å². The summed E-state index contributed by atoms with van der Waals surface area (Å²) in [6, 6.07) is 10.9. The van der Waals surface area contributed by atoms with Crippen molar-refractivity contribution in [2.45, 2.75) is 39.4 Å². The highest BCUT2D eigenvalue weighted by atomic mass is 16.5. The molecule has 1 N–H and O–H groups in total. The normalized spacial score (nSPS) is 12.7. The van der Waals surface area contributed by atoms with E-state index in [1.54, 1.807) is 7.11 Å². The number of nitrogens with one attached hydrogen (secondary N) is 1. The van der Waals surface area contributed by atoms with Crippen LogP contribution in [0.3, 0.4) is 0 Å². The third kappa shape index (κ3) is 3.61. The maximum atomic E-state index is 5.25. The number of rotatable bonds is 6. The van der Waals surface area contributed by atoms with Gasteiger partial charge in [-0.1, -0.05) is 12.1 Å². The predicted octanol–water partition coefficient (Wildman–Crippen LogP) is 3.32. The fourth-order valence-electron chi connectivity index (χ4n) is 2.05. The Morgan fingerprint density at radius 3 is 2.70 bits per heavy atom. The SMILES string of the molecule is COc1cccc([C@H](C)NCc2ccn(C(C)C)n2)c1. The number of nitrogens with zero attached hydrogens (tertiary/aromatic N) is 2. The first kappa shape index (κ1) is 14.6. The minimum atomic E-state index is 0.259. The Morgan fingerprint density at radius 1 is 1.25 bits per heavy atom. The highest BCUT2D eigenvalue weighted by Gasteiger charge is 2.07. The molecule has 0 unspecified atom stereocenters. The Hall–Kier alpha value is -1.81. The molecule has 0 radical (unpaired) electrons. The van der Waals surface area contributed by atoms with Crippen LogP contribution in [-0.2, 0) is 6.54 Å². The molecule has 0 bridgehead atoms. The van der Waals surface area contributed by atoms with E-state index in [9.17, 15) is 0 Å². The maximum Gasteiger partial charge on any atom is 0.119 e. The van der Waals surface area contributed by atoms with Crippen molar-refractivity contribution in [2.24, 2.45) is 0 Å². The topological polar surface area (TPSA) is 39.1 Å². The summed E-state index contributed by atoms with van der Waals surface area (Å²) in [6.07, 6.45) is 2.03. The molecule has 0 spiro atoms. The second-order valence-corrected chi connectivity index (χ2v) is 5.26. The molecule has 2 rings (SSSR count). The lowest BCUT2D eigenvalue weighted by atomic mass is 10.1. The molecule has 0 fully saturated rings. The lowest BCUT2D eigenvalue weighted by Crippen LogP contribution is -2.18. The number of hydrogen-bond acceptors (Lipinski definition) is 3. The van der Waals surface area contributed by atoms with Crippen LogP contribution in [0.1, 0.15) is 44.1 Å². The molecule has 108 valence electrons. The summed E-state index contributed by atoms with van der Waals surface area (Å²) < 4.78 is 7.23. The Kier molecular flexibility index (Phi) is 4.79. The van der Waals surface area contributed by atoms with Crippen molar-refractivity contribution in [1.82, 2.24) is 15.1 Å². The first-order valence-electron chi connectivity index (χ1n) is 7.01. The van der Waals surface area contributed by atoms with E-state index < -0.39 is 0 Å². The summed E-state index contributed by atoms with van der Waals surface area (Å²) in [5.41, 5.74) is 2.28. The van der Waals surface area contributed by atoms with Gasteiger partial charge in [-0.3, -0.25) is 4.68 Å². The largest absolute Gasteiger partial charge is 0.497 e. The van der Waals surface area contributed by atoms with Crippen LogP contribution in [0.25, 0.3) is 0 Å². The summed E-state index contributed by atoms with van der Waals surface area (Å²) in [6.45, 7) is 7.17. The first-order chi connectivity index (χ1) is 9.60. The van der Waals surface area contributed by atoms with Gasteiger partial charge >= 0.3 is 0 Å². The molecule has 1 aromatic carbocycles. The molecule has 4 heteroatoms. The smallest absolute Gasteiger partial charge is 0.119 e. The molecule has 0 aliphatic rings. The molecule has 4 nitrogen and oxygen atoms in total. The lowest BCUT2D eigenvalue weighted by Gasteiger charge is -2.14. The van der Waals surface area contributed by atoms with E-state index in [0.29, 0.717) is 6.04 Å². The van der Waals surface area contributed by atoms with Gasteiger partial charge in [0.05, 0.1) is 12.8 Å². The quantitative estimate of drug-likeness (QED) is 0.877. The van der Waals surface area contributed by atoms with Crippen LogP contribution in [-0.4, -0.2) is 16.9 Å². The average Bonchev–Trinajstić information content (AvgIpc) is 2.94. The Labute approximate surface area is 120 Å². The van der Waals surface area contributed by atoms with Crippen molar-refractivity contribution in [3.8, 4) is 5.75 Å². The molecule has 0 amide bonds. The Balaban J connectivity index is 1.95. The zero-order chi connectivity index (χ0) is 14.5. The molecule has 20 heavy (non-hydrogen) atoms. The van der Waals surface area contributed by atoms with Crippen LogP contribution >= 0.6 is 0 Å². The zero-order valence-electron chi connectivity index (χ0n) is 12.6. The molecule has 0 saturated carbocycles. The summed E-state index contributed by atoms with van der Waals surface area (Å²) in [5, 5.41) is 8.03. The molecule has 1 heterocycles. The third-order valence-corrected chi connectivity index (χ3v) is 3.38. The molecule has 0 saturated heterocycles. The standard InChI is InChI=1S/C16H23N3O/c1-12(2)19-9-8-15(18-19)11-17-13(3)14-6-5-7-16(10-14)20-4/h5-10,12-13,17H,11H2,1-4H3/t13-/m0/s1. The van der Waals surface area contributed by atoms with Gasteiger partial charge in [0.1, 0.15) is 5.75 Å². The maximum absolute atomic E-state index is 5.25. The molecule has 1 atom stereocenters. The molecule has 2 aromatic rings. The van der Waals surface area contributed by atoms with Gasteiger partial charge in [-0.05, 0) is 44.5 Å². The first-order valence-corrected chi connectivity index (χ1v) is 7.01. The molecule has 0 aliphatic heterocycles. The van der Waals surface area contributed by atoms with Gasteiger partial charge in [-0.25, -0.2) is 0 Å². The van der Waals surface area contributed by atoms with Gasteiger partial charge in [-0.15, -0.1) is 0 Å². The van der Waals surface area contributed by atoms with Crippen molar-refractivity contribution in [2.75, 3.05) is 7.11 Å². The van der Waals surface area contributed by atoms with Crippen LogP contribution < -0.4 is 10.1 Å². The van der Waals surface area contributed by atoms with Gasteiger partial charge < -0.3 is 10.1 Å². The Bertz CT molecular complexity index is 548. The molecular formula is C16H23N3O. The van der Waals surface area contributed by atoms with Crippen molar-refractivity contribution >= 4 is 0 Å². The van der Waals surface area contributed by atoms with E-state index in [1.807, 2.05) is 23.0 Å². The van der Waals surface area contributed by atoms with Crippen LogP contribution in [0.15, 0.2) is 36.5 Å². The van der Waals surface area contributed by atoms with Gasteiger partial charge in [0, 0.05) is 24.8 Å². The number of hydrogen-bond donors (Lipinski definition) is 1.